The van der Waals surface area contributed by atoms with Crippen molar-refractivity contribution < 1.29 is 9.53 Å². The minimum atomic E-state index is -0.915. The monoisotopic (exact) mass is 238 g/mol. The van der Waals surface area contributed by atoms with Gasteiger partial charge in [-0.3, -0.25) is 0 Å². The lowest BCUT2D eigenvalue weighted by molar-refractivity contribution is 0.225. The van der Waals surface area contributed by atoms with Crippen molar-refractivity contribution in [3.63, 3.8) is 0 Å². The number of rotatable bonds is 2. The molecule has 5 heteroatoms. The van der Waals surface area contributed by atoms with Crippen LogP contribution in [-0.4, -0.2) is 5.43 Å². The molecule has 0 aliphatic carbocycles. The Morgan fingerprint density at radius 3 is 2.46 bits per heavy atom. The van der Waals surface area contributed by atoms with Crippen molar-refractivity contribution in [2.24, 2.45) is 0 Å². The molecule has 0 aliphatic rings. The fourth-order valence-corrected chi connectivity index (χ4v) is 1.28. The van der Waals surface area contributed by atoms with Crippen LogP contribution in [0, 0.1) is 0 Å². The highest BCUT2D eigenvalue weighted by molar-refractivity contribution is 6.61. The number of benzene rings is 1. The summed E-state index contributed by atoms with van der Waals surface area (Å²) in [6, 6.07) is 6.64. The van der Waals surface area contributed by atoms with Crippen LogP contribution in [0.1, 0.15) is 10.4 Å². The number of halogens is 3. The van der Waals surface area contributed by atoms with Crippen molar-refractivity contribution in [1.82, 2.24) is 0 Å². The Bertz CT molecular complexity index is 312. The third-order valence-electron chi connectivity index (χ3n) is 1.34. The molecule has 13 heavy (non-hydrogen) atoms. The van der Waals surface area contributed by atoms with E-state index in [1.807, 2.05) is 0 Å². The number of carbonyl (C=O) groups is 1. The number of alkyl halides is 2. The minimum Gasteiger partial charge on any atom is -0.414 e. The molecule has 0 saturated carbocycles. The van der Waals surface area contributed by atoms with E-state index < -0.39 is 10.3 Å². The van der Waals surface area contributed by atoms with Crippen LogP contribution < -0.4 is 4.74 Å². The molecule has 0 atom stereocenters. The summed E-state index contributed by atoms with van der Waals surface area (Å²) in [6.07, 6.45) is 0. The molecule has 0 radical (unpaired) electrons. The molecule has 0 heterocycles. The Hall–Kier alpha value is -0.440. The van der Waals surface area contributed by atoms with Gasteiger partial charge in [0.15, 0.2) is 0 Å². The van der Waals surface area contributed by atoms with E-state index in [0.717, 1.165) is 0 Å². The molecule has 1 aromatic carbocycles. The Morgan fingerprint density at radius 2 is 1.92 bits per heavy atom. The standard InChI is InChI=1S/C8H5Cl3O2/c9-7(10)5-3-1-2-4-6(5)13-8(11)12/h1-4,7H. The lowest BCUT2D eigenvalue weighted by atomic mass is 10.2. The summed E-state index contributed by atoms with van der Waals surface area (Å²) in [4.78, 5) is 9.70. The number of hydrogen-bond acceptors (Lipinski definition) is 2. The van der Waals surface area contributed by atoms with Gasteiger partial charge in [-0.05, 0) is 6.07 Å². The molecule has 0 saturated heterocycles. The van der Waals surface area contributed by atoms with Gasteiger partial charge in [-0.2, -0.15) is 0 Å². The van der Waals surface area contributed by atoms with Crippen LogP contribution in [-0.2, 0) is 0 Å². The van der Waals surface area contributed by atoms with Gasteiger partial charge in [0, 0.05) is 17.2 Å². The van der Waals surface area contributed by atoms with Crippen LogP contribution in [0.15, 0.2) is 24.3 Å². The molecule has 0 aliphatic heterocycles. The predicted molar refractivity (Wildman–Crippen MR) is 52.8 cm³/mol. The van der Waals surface area contributed by atoms with Gasteiger partial charge >= 0.3 is 5.43 Å². The molecule has 0 unspecified atom stereocenters. The lowest BCUT2D eigenvalue weighted by Crippen LogP contribution is -1.99. The van der Waals surface area contributed by atoms with E-state index in [2.05, 4.69) is 4.74 Å². The first-order valence-corrected chi connectivity index (χ1v) is 4.60. The molecule has 0 fully saturated rings. The zero-order valence-corrected chi connectivity index (χ0v) is 8.60. The second kappa shape index (κ2) is 4.70. The van der Waals surface area contributed by atoms with Crippen molar-refractivity contribution in [3.05, 3.63) is 29.8 Å². The highest BCUT2D eigenvalue weighted by Crippen LogP contribution is 2.32. The smallest absolute Gasteiger partial charge is 0.409 e. The fraction of sp³-hybridized carbons (Fsp3) is 0.125. The number of hydrogen-bond donors (Lipinski definition) is 0. The number of ether oxygens (including phenoxy) is 1. The largest absolute Gasteiger partial charge is 0.414 e. The predicted octanol–water partition coefficient (Wildman–Crippen LogP) is 3.90. The molecule has 0 bridgehead atoms. The van der Waals surface area contributed by atoms with E-state index in [9.17, 15) is 4.79 Å². The van der Waals surface area contributed by atoms with E-state index >= 15 is 0 Å². The number of carbonyl (C=O) groups excluding carboxylic acids is 1. The van der Waals surface area contributed by atoms with E-state index in [1.54, 1.807) is 24.3 Å². The Morgan fingerprint density at radius 1 is 1.31 bits per heavy atom. The molecule has 0 N–H and O–H groups in total. The Balaban J connectivity index is 2.97. The van der Waals surface area contributed by atoms with Gasteiger partial charge in [0.05, 0.1) is 0 Å². The first-order chi connectivity index (χ1) is 6.11. The molecule has 70 valence electrons. The molecule has 2 nitrogen and oxygen atoms in total. The molecule has 1 aromatic rings. The Kier molecular flexibility index (Phi) is 3.85. The van der Waals surface area contributed by atoms with Crippen molar-refractivity contribution in [1.29, 1.82) is 0 Å². The zero-order valence-electron chi connectivity index (χ0n) is 6.34. The van der Waals surface area contributed by atoms with Gasteiger partial charge in [0.2, 0.25) is 0 Å². The third-order valence-corrected chi connectivity index (χ3v) is 1.89. The van der Waals surface area contributed by atoms with E-state index in [4.69, 9.17) is 34.8 Å². The maximum Gasteiger partial charge on any atom is 0.409 e. The quantitative estimate of drug-likeness (QED) is 0.578. The van der Waals surface area contributed by atoms with Gasteiger partial charge < -0.3 is 4.74 Å². The lowest BCUT2D eigenvalue weighted by Gasteiger charge is -2.07. The van der Waals surface area contributed by atoms with Gasteiger partial charge in [0.25, 0.3) is 0 Å². The molecular formula is C8H5Cl3O2. The second-order valence-corrected chi connectivity index (χ2v) is 3.58. The topological polar surface area (TPSA) is 26.3 Å². The molecule has 1 rings (SSSR count). The van der Waals surface area contributed by atoms with Crippen molar-refractivity contribution in [3.8, 4) is 5.75 Å². The summed E-state index contributed by atoms with van der Waals surface area (Å²) in [6.45, 7) is 0. The summed E-state index contributed by atoms with van der Waals surface area (Å²) in [5, 5.41) is 0. The first kappa shape index (κ1) is 10.6. The van der Waals surface area contributed by atoms with Crippen LogP contribution in [0.4, 0.5) is 4.79 Å². The first-order valence-electron chi connectivity index (χ1n) is 3.35. The minimum absolute atomic E-state index is 0.275. The fourth-order valence-electron chi connectivity index (χ4n) is 0.840. The Labute approximate surface area is 90.3 Å². The van der Waals surface area contributed by atoms with Crippen LogP contribution in [0.3, 0.4) is 0 Å². The molecular weight excluding hydrogens is 234 g/mol. The van der Waals surface area contributed by atoms with Crippen molar-refractivity contribution in [2.75, 3.05) is 0 Å². The van der Waals surface area contributed by atoms with Crippen molar-refractivity contribution in [2.45, 2.75) is 4.84 Å². The van der Waals surface area contributed by atoms with Crippen molar-refractivity contribution >= 4 is 40.2 Å². The van der Waals surface area contributed by atoms with Gasteiger partial charge in [0.1, 0.15) is 10.6 Å². The summed E-state index contributed by atoms with van der Waals surface area (Å²) in [5.41, 5.74) is -0.402. The molecule has 0 amide bonds. The van der Waals surface area contributed by atoms with Crippen LogP contribution in [0.5, 0.6) is 5.75 Å². The van der Waals surface area contributed by atoms with Gasteiger partial charge in [-0.1, -0.05) is 41.4 Å². The van der Waals surface area contributed by atoms with E-state index in [1.165, 1.54) is 0 Å². The summed E-state index contributed by atoms with van der Waals surface area (Å²) < 4.78 is 4.66. The molecule has 0 spiro atoms. The zero-order chi connectivity index (χ0) is 9.84. The third kappa shape index (κ3) is 3.07. The summed E-state index contributed by atoms with van der Waals surface area (Å²) >= 11 is 16.3. The van der Waals surface area contributed by atoms with E-state index in [0.29, 0.717) is 5.56 Å². The van der Waals surface area contributed by atoms with Crippen LogP contribution in [0.25, 0.3) is 0 Å². The summed E-state index contributed by atoms with van der Waals surface area (Å²) in [5.74, 6) is 0.275. The average Bonchev–Trinajstić information content (AvgIpc) is 2.03. The number of para-hydroxylation sites is 1. The second-order valence-electron chi connectivity index (χ2n) is 2.18. The normalized spacial score (nSPS) is 10.2. The van der Waals surface area contributed by atoms with E-state index in [-0.39, 0.29) is 5.75 Å². The highest BCUT2D eigenvalue weighted by Gasteiger charge is 2.11. The maximum atomic E-state index is 10.4. The van der Waals surface area contributed by atoms with Gasteiger partial charge in [-0.15, -0.1) is 0 Å². The molecule has 0 aromatic heterocycles. The van der Waals surface area contributed by atoms with Crippen LogP contribution >= 0.6 is 34.8 Å². The maximum absolute atomic E-state index is 10.4. The summed E-state index contributed by atoms with van der Waals surface area (Å²) in [7, 11) is 0. The average molecular weight is 239 g/mol. The van der Waals surface area contributed by atoms with Gasteiger partial charge in [-0.25, -0.2) is 4.79 Å². The SMILES string of the molecule is O=C(Cl)Oc1ccccc1C(Cl)Cl. The van der Waals surface area contributed by atoms with Crippen LogP contribution in [0.2, 0.25) is 0 Å². The highest BCUT2D eigenvalue weighted by atomic mass is 35.5.